The van der Waals surface area contributed by atoms with Gasteiger partial charge in [-0.15, -0.1) is 0 Å². The van der Waals surface area contributed by atoms with Crippen LogP contribution in [0.2, 0.25) is 0 Å². The van der Waals surface area contributed by atoms with Gasteiger partial charge in [0.25, 0.3) is 11.6 Å². The van der Waals surface area contributed by atoms with Gasteiger partial charge in [-0.25, -0.2) is 0 Å². The van der Waals surface area contributed by atoms with Crippen LogP contribution in [0.4, 0.5) is 11.4 Å². The van der Waals surface area contributed by atoms with Gasteiger partial charge in [0.2, 0.25) is 0 Å². The highest BCUT2D eigenvalue weighted by Crippen LogP contribution is 2.29. The van der Waals surface area contributed by atoms with E-state index in [2.05, 4.69) is 5.32 Å². The number of para-hydroxylation sites is 1. The highest BCUT2D eigenvalue weighted by Gasteiger charge is 2.21. The van der Waals surface area contributed by atoms with Gasteiger partial charge in [0.05, 0.1) is 17.6 Å². The van der Waals surface area contributed by atoms with E-state index in [0.29, 0.717) is 29.6 Å². The number of carbonyl (C=O) groups excluding carboxylic acids is 1. The third kappa shape index (κ3) is 5.96. The maximum absolute atomic E-state index is 12.5. The summed E-state index contributed by atoms with van der Waals surface area (Å²) in [7, 11) is 0. The van der Waals surface area contributed by atoms with Gasteiger partial charge in [-0.2, -0.15) is 0 Å². The Labute approximate surface area is 179 Å². The average Bonchev–Trinajstić information content (AvgIpc) is 2.77. The maximum Gasteiger partial charge on any atom is 0.296 e. The lowest BCUT2D eigenvalue weighted by Gasteiger charge is -2.15. The molecule has 0 fully saturated rings. The van der Waals surface area contributed by atoms with Crippen molar-refractivity contribution in [3.63, 3.8) is 0 Å². The summed E-state index contributed by atoms with van der Waals surface area (Å²) in [5, 5.41) is 13.9. The van der Waals surface area contributed by atoms with Crippen LogP contribution < -0.4 is 19.5 Å². The topological polar surface area (TPSA) is 99.9 Å². The number of amides is 1. The number of carbonyl (C=O) groups is 1. The molecule has 0 aliphatic heterocycles. The number of hydrogen-bond acceptors (Lipinski definition) is 6. The fraction of sp³-hybridized carbons (Fsp3) is 0.174. The third-order valence-corrected chi connectivity index (χ3v) is 4.22. The van der Waals surface area contributed by atoms with Crippen LogP contribution in [0.3, 0.4) is 0 Å². The molecule has 0 aromatic heterocycles. The SMILES string of the molecule is CCOc1ccc(NC(=O)C(C)Oc2ccc(Oc3ccccc3)cc2)c([N+](=O)[O-])c1. The van der Waals surface area contributed by atoms with Gasteiger partial charge in [-0.05, 0) is 62.4 Å². The number of hydrogen-bond donors (Lipinski definition) is 1. The van der Waals surface area contributed by atoms with Crippen molar-refractivity contribution in [1.82, 2.24) is 0 Å². The van der Waals surface area contributed by atoms with E-state index in [1.54, 1.807) is 44.2 Å². The van der Waals surface area contributed by atoms with Crippen LogP contribution in [0.15, 0.2) is 72.8 Å². The Bertz CT molecular complexity index is 1040. The second-order valence-electron chi connectivity index (χ2n) is 6.50. The van der Waals surface area contributed by atoms with Crippen molar-refractivity contribution in [3.05, 3.63) is 82.9 Å². The molecular weight excluding hydrogens is 400 g/mol. The molecule has 8 heteroatoms. The van der Waals surface area contributed by atoms with Gasteiger partial charge in [0.1, 0.15) is 28.7 Å². The Morgan fingerprint density at radius 1 is 0.968 bits per heavy atom. The summed E-state index contributed by atoms with van der Waals surface area (Å²) >= 11 is 0. The van der Waals surface area contributed by atoms with E-state index in [9.17, 15) is 14.9 Å². The molecule has 3 aromatic rings. The summed E-state index contributed by atoms with van der Waals surface area (Å²) in [4.78, 5) is 23.3. The van der Waals surface area contributed by atoms with Gasteiger partial charge in [-0.1, -0.05) is 18.2 Å². The quantitative estimate of drug-likeness (QED) is 0.376. The Balaban J connectivity index is 1.62. The van der Waals surface area contributed by atoms with Crippen LogP contribution in [-0.2, 0) is 4.79 Å². The first kappa shape index (κ1) is 21.6. The molecule has 160 valence electrons. The normalized spacial score (nSPS) is 11.3. The zero-order chi connectivity index (χ0) is 22.2. The number of anilines is 1. The predicted octanol–water partition coefficient (Wildman–Crippen LogP) is 5.19. The van der Waals surface area contributed by atoms with Crippen LogP contribution in [0, 0.1) is 10.1 Å². The van der Waals surface area contributed by atoms with Gasteiger partial charge < -0.3 is 19.5 Å². The molecule has 0 radical (unpaired) electrons. The van der Waals surface area contributed by atoms with Crippen molar-refractivity contribution >= 4 is 17.3 Å². The molecule has 0 saturated heterocycles. The third-order valence-electron chi connectivity index (χ3n) is 4.22. The van der Waals surface area contributed by atoms with E-state index in [1.165, 1.54) is 12.1 Å². The lowest BCUT2D eigenvalue weighted by Crippen LogP contribution is -2.30. The van der Waals surface area contributed by atoms with E-state index < -0.39 is 16.9 Å². The molecule has 0 bridgehead atoms. The van der Waals surface area contributed by atoms with E-state index in [1.807, 2.05) is 30.3 Å². The Morgan fingerprint density at radius 3 is 2.23 bits per heavy atom. The van der Waals surface area contributed by atoms with Crippen LogP contribution >= 0.6 is 0 Å². The van der Waals surface area contributed by atoms with E-state index in [4.69, 9.17) is 14.2 Å². The Hall–Kier alpha value is -4.07. The summed E-state index contributed by atoms with van der Waals surface area (Å²) in [6.45, 7) is 3.72. The molecule has 1 N–H and O–H groups in total. The highest BCUT2D eigenvalue weighted by molar-refractivity contribution is 5.96. The number of rotatable bonds is 9. The van der Waals surface area contributed by atoms with Crippen molar-refractivity contribution in [1.29, 1.82) is 0 Å². The van der Waals surface area contributed by atoms with Gasteiger partial charge in [0, 0.05) is 0 Å². The number of nitro benzene ring substituents is 1. The first-order valence-corrected chi connectivity index (χ1v) is 9.68. The molecule has 1 unspecified atom stereocenters. The molecule has 3 rings (SSSR count). The second kappa shape index (κ2) is 10.1. The summed E-state index contributed by atoms with van der Waals surface area (Å²) in [5.41, 5.74) is -0.186. The van der Waals surface area contributed by atoms with Crippen LogP contribution in [0.25, 0.3) is 0 Å². The first-order valence-electron chi connectivity index (χ1n) is 9.68. The zero-order valence-electron chi connectivity index (χ0n) is 17.1. The van der Waals surface area contributed by atoms with Gasteiger partial charge in [-0.3, -0.25) is 14.9 Å². The minimum absolute atomic E-state index is 0.0699. The standard InChI is InChI=1S/C23H22N2O6/c1-3-29-20-13-14-21(22(15-20)25(27)28)24-23(26)16(2)30-18-9-11-19(12-10-18)31-17-7-5-4-6-8-17/h4-16H,3H2,1-2H3,(H,24,26). The van der Waals surface area contributed by atoms with E-state index >= 15 is 0 Å². The molecule has 0 heterocycles. The van der Waals surface area contributed by atoms with Gasteiger partial charge >= 0.3 is 0 Å². The summed E-state index contributed by atoms with van der Waals surface area (Å²) < 4.78 is 16.7. The van der Waals surface area contributed by atoms with Crippen molar-refractivity contribution in [2.75, 3.05) is 11.9 Å². The summed E-state index contributed by atoms with van der Waals surface area (Å²) in [6.07, 6.45) is -0.882. The molecule has 0 aliphatic rings. The van der Waals surface area contributed by atoms with Crippen molar-refractivity contribution in [2.45, 2.75) is 20.0 Å². The molecule has 8 nitrogen and oxygen atoms in total. The summed E-state index contributed by atoms with van der Waals surface area (Å²) in [5.74, 6) is 1.64. The maximum atomic E-state index is 12.5. The number of nitro groups is 1. The first-order chi connectivity index (χ1) is 15.0. The zero-order valence-corrected chi connectivity index (χ0v) is 17.1. The molecular formula is C23H22N2O6. The number of benzene rings is 3. The van der Waals surface area contributed by atoms with Crippen LogP contribution in [-0.4, -0.2) is 23.5 Å². The molecule has 1 amide bonds. The van der Waals surface area contributed by atoms with Crippen molar-refractivity contribution in [3.8, 4) is 23.0 Å². The number of ether oxygens (including phenoxy) is 3. The molecule has 3 aromatic carbocycles. The monoisotopic (exact) mass is 422 g/mol. The second-order valence-corrected chi connectivity index (χ2v) is 6.50. The highest BCUT2D eigenvalue weighted by atomic mass is 16.6. The number of nitrogens with one attached hydrogen (secondary N) is 1. The molecule has 0 spiro atoms. The largest absolute Gasteiger partial charge is 0.494 e. The number of nitrogens with zero attached hydrogens (tertiary/aromatic N) is 1. The molecule has 31 heavy (non-hydrogen) atoms. The average molecular weight is 422 g/mol. The minimum atomic E-state index is -0.882. The Morgan fingerprint density at radius 2 is 1.58 bits per heavy atom. The van der Waals surface area contributed by atoms with Crippen molar-refractivity contribution < 1.29 is 23.9 Å². The van der Waals surface area contributed by atoms with Crippen molar-refractivity contribution in [2.24, 2.45) is 0 Å². The molecule has 1 atom stereocenters. The van der Waals surface area contributed by atoms with Crippen LogP contribution in [0.5, 0.6) is 23.0 Å². The molecule has 0 saturated carbocycles. The minimum Gasteiger partial charge on any atom is -0.494 e. The van der Waals surface area contributed by atoms with Crippen LogP contribution in [0.1, 0.15) is 13.8 Å². The lowest BCUT2D eigenvalue weighted by molar-refractivity contribution is -0.384. The van der Waals surface area contributed by atoms with E-state index in [0.717, 1.165) is 0 Å². The molecule has 0 aliphatic carbocycles. The Kier molecular flexibility index (Phi) is 7.05. The fourth-order valence-corrected chi connectivity index (χ4v) is 2.73. The van der Waals surface area contributed by atoms with Gasteiger partial charge in [0.15, 0.2) is 6.10 Å². The lowest BCUT2D eigenvalue weighted by atomic mass is 10.2. The predicted molar refractivity (Wildman–Crippen MR) is 116 cm³/mol. The fourth-order valence-electron chi connectivity index (χ4n) is 2.73. The smallest absolute Gasteiger partial charge is 0.296 e. The van der Waals surface area contributed by atoms with E-state index in [-0.39, 0.29) is 11.4 Å². The summed E-state index contributed by atoms with van der Waals surface area (Å²) in [6, 6.07) is 20.4.